The van der Waals surface area contributed by atoms with Gasteiger partial charge in [-0.2, -0.15) is 0 Å². The lowest BCUT2D eigenvalue weighted by atomic mass is 10.0. The predicted molar refractivity (Wildman–Crippen MR) is 122 cm³/mol. The Bertz CT molecular complexity index is 429. The summed E-state index contributed by atoms with van der Waals surface area (Å²) in [7, 11) is 0. The van der Waals surface area contributed by atoms with Gasteiger partial charge in [-0.15, -0.1) is 0 Å². The van der Waals surface area contributed by atoms with Crippen LogP contribution < -0.4 is 11.1 Å². The van der Waals surface area contributed by atoms with Crippen molar-refractivity contribution in [2.75, 3.05) is 6.54 Å². The maximum atomic E-state index is 11.7. The van der Waals surface area contributed by atoms with Crippen molar-refractivity contribution in [1.82, 2.24) is 5.32 Å². The van der Waals surface area contributed by atoms with Crippen molar-refractivity contribution < 1.29 is 19.5 Å². The Morgan fingerprint density at radius 3 is 1.57 bits per heavy atom. The van der Waals surface area contributed by atoms with E-state index in [-0.39, 0.29) is 11.9 Å². The van der Waals surface area contributed by atoms with Crippen LogP contribution in [0.25, 0.3) is 0 Å². The van der Waals surface area contributed by atoms with Crippen molar-refractivity contribution in [3.8, 4) is 0 Å². The largest absolute Gasteiger partial charge is 0.481 e. The van der Waals surface area contributed by atoms with E-state index in [9.17, 15) is 14.4 Å². The van der Waals surface area contributed by atoms with Gasteiger partial charge in [0.1, 0.15) is 6.29 Å². The van der Waals surface area contributed by atoms with Gasteiger partial charge in [0.2, 0.25) is 5.91 Å². The number of nitrogens with one attached hydrogen (secondary N) is 1. The van der Waals surface area contributed by atoms with Crippen LogP contribution in [-0.4, -0.2) is 35.9 Å². The molecule has 1 atom stereocenters. The smallest absolute Gasteiger partial charge is 0.303 e. The van der Waals surface area contributed by atoms with E-state index >= 15 is 0 Å². The van der Waals surface area contributed by atoms with Gasteiger partial charge in [0.15, 0.2) is 0 Å². The van der Waals surface area contributed by atoms with E-state index in [1.165, 1.54) is 64.2 Å². The first-order valence-electron chi connectivity index (χ1n) is 12.3. The monoisotopic (exact) mass is 426 g/mol. The van der Waals surface area contributed by atoms with Crippen molar-refractivity contribution >= 4 is 18.2 Å². The molecule has 0 aliphatic heterocycles. The molecule has 176 valence electrons. The van der Waals surface area contributed by atoms with Gasteiger partial charge < -0.3 is 21.0 Å². The number of carbonyl (C=O) groups is 3. The normalized spacial score (nSPS) is 11.9. The zero-order chi connectivity index (χ0) is 22.3. The summed E-state index contributed by atoms with van der Waals surface area (Å²) in [6.45, 7) is 0.676. The Hall–Kier alpha value is -1.43. The van der Waals surface area contributed by atoms with E-state index in [0.29, 0.717) is 25.8 Å². The van der Waals surface area contributed by atoms with Crippen LogP contribution in [0.2, 0.25) is 0 Å². The maximum absolute atomic E-state index is 11.7. The van der Waals surface area contributed by atoms with Gasteiger partial charge in [0, 0.05) is 19.4 Å². The fourth-order valence-electron chi connectivity index (χ4n) is 3.57. The molecule has 0 rings (SSSR count). The molecule has 0 fully saturated rings. The summed E-state index contributed by atoms with van der Waals surface area (Å²) in [5.41, 5.74) is 5.52. The predicted octanol–water partition coefficient (Wildman–Crippen LogP) is 5.13. The highest BCUT2D eigenvalue weighted by molar-refractivity contribution is 5.75. The number of amides is 1. The fourth-order valence-corrected chi connectivity index (χ4v) is 3.57. The second-order valence-corrected chi connectivity index (χ2v) is 8.49. The minimum atomic E-state index is -0.679. The number of carbonyl (C=O) groups excluding carboxylic acids is 2. The van der Waals surface area contributed by atoms with Crippen LogP contribution >= 0.6 is 0 Å². The Morgan fingerprint density at radius 1 is 0.700 bits per heavy atom. The van der Waals surface area contributed by atoms with E-state index in [0.717, 1.165) is 44.8 Å². The number of aldehydes is 1. The molecule has 0 radical (unpaired) electrons. The summed E-state index contributed by atoms with van der Waals surface area (Å²) in [6.07, 6.45) is 20.8. The van der Waals surface area contributed by atoms with Crippen LogP contribution in [0.4, 0.5) is 0 Å². The summed E-state index contributed by atoms with van der Waals surface area (Å²) in [5.74, 6) is -0.544. The number of unbranched alkanes of at least 4 members (excludes halogenated alkanes) is 14. The lowest BCUT2D eigenvalue weighted by molar-refractivity contribution is -0.137. The van der Waals surface area contributed by atoms with E-state index < -0.39 is 5.97 Å². The van der Waals surface area contributed by atoms with Crippen molar-refractivity contribution in [3.63, 3.8) is 0 Å². The molecule has 30 heavy (non-hydrogen) atoms. The first kappa shape index (κ1) is 28.6. The molecule has 6 heteroatoms. The summed E-state index contributed by atoms with van der Waals surface area (Å²) >= 11 is 0. The van der Waals surface area contributed by atoms with Gasteiger partial charge in [0.05, 0.1) is 6.04 Å². The summed E-state index contributed by atoms with van der Waals surface area (Å²) in [5, 5.41) is 11.5. The molecule has 4 N–H and O–H groups in total. The molecule has 0 spiro atoms. The number of aliphatic carboxylic acids is 1. The molecule has 6 nitrogen and oxygen atoms in total. The highest BCUT2D eigenvalue weighted by Crippen LogP contribution is 2.13. The van der Waals surface area contributed by atoms with Crippen LogP contribution in [0.1, 0.15) is 122 Å². The SMILES string of the molecule is NC(C=O)CCCCNC(=O)CCCCCCCCCCCCCCCCC(=O)O. The maximum Gasteiger partial charge on any atom is 0.303 e. The molecule has 0 aliphatic carbocycles. The summed E-state index contributed by atoms with van der Waals surface area (Å²) < 4.78 is 0. The van der Waals surface area contributed by atoms with Gasteiger partial charge in [-0.05, 0) is 32.1 Å². The Labute approximate surface area is 183 Å². The number of nitrogens with two attached hydrogens (primary N) is 1. The van der Waals surface area contributed by atoms with E-state index in [2.05, 4.69) is 5.32 Å². The Morgan fingerprint density at radius 2 is 1.13 bits per heavy atom. The molecule has 1 amide bonds. The van der Waals surface area contributed by atoms with Gasteiger partial charge in [0.25, 0.3) is 0 Å². The zero-order valence-corrected chi connectivity index (χ0v) is 19.0. The van der Waals surface area contributed by atoms with E-state index in [1.807, 2.05) is 0 Å². The second kappa shape index (κ2) is 22.3. The highest BCUT2D eigenvalue weighted by Gasteiger charge is 2.02. The molecule has 0 saturated heterocycles. The first-order valence-corrected chi connectivity index (χ1v) is 12.3. The molecule has 1 unspecified atom stereocenters. The molecule has 0 aromatic heterocycles. The standard InChI is InChI=1S/C24H46N2O4/c25-22(21-27)17-15-16-20-26-23(28)18-13-11-9-7-5-3-1-2-4-6-8-10-12-14-19-24(29)30/h21-22H,1-20,25H2,(H,26,28)(H,29,30). The van der Waals surface area contributed by atoms with Crippen LogP contribution in [-0.2, 0) is 14.4 Å². The molecule has 0 aromatic carbocycles. The Kier molecular flexibility index (Phi) is 21.2. The second-order valence-electron chi connectivity index (χ2n) is 8.49. The lowest BCUT2D eigenvalue weighted by Crippen LogP contribution is -2.25. The van der Waals surface area contributed by atoms with Gasteiger partial charge >= 0.3 is 5.97 Å². The molecule has 0 bridgehead atoms. The van der Waals surface area contributed by atoms with Crippen LogP contribution in [0.3, 0.4) is 0 Å². The third kappa shape index (κ3) is 22.9. The molecule has 0 aromatic rings. The topological polar surface area (TPSA) is 109 Å². The van der Waals surface area contributed by atoms with Gasteiger partial charge in [-0.1, -0.05) is 77.0 Å². The Balaban J connectivity index is 3.17. The molecular weight excluding hydrogens is 380 g/mol. The average molecular weight is 427 g/mol. The number of carboxylic acids is 1. The quantitative estimate of drug-likeness (QED) is 0.155. The van der Waals surface area contributed by atoms with Crippen molar-refractivity contribution in [2.24, 2.45) is 5.73 Å². The van der Waals surface area contributed by atoms with E-state index in [1.54, 1.807) is 0 Å². The van der Waals surface area contributed by atoms with Crippen molar-refractivity contribution in [3.05, 3.63) is 0 Å². The fraction of sp³-hybridized carbons (Fsp3) is 0.875. The summed E-state index contributed by atoms with van der Waals surface area (Å²) in [4.78, 5) is 32.6. The van der Waals surface area contributed by atoms with Gasteiger partial charge in [-0.3, -0.25) is 9.59 Å². The van der Waals surface area contributed by atoms with Crippen LogP contribution in [0.5, 0.6) is 0 Å². The summed E-state index contributed by atoms with van der Waals surface area (Å²) in [6, 6.07) is -0.367. The van der Waals surface area contributed by atoms with E-state index in [4.69, 9.17) is 10.8 Å². The third-order valence-electron chi connectivity index (χ3n) is 5.51. The minimum Gasteiger partial charge on any atom is -0.481 e. The number of hydrogen-bond acceptors (Lipinski definition) is 4. The zero-order valence-electron chi connectivity index (χ0n) is 19.0. The minimum absolute atomic E-state index is 0.136. The molecular formula is C24H46N2O4. The van der Waals surface area contributed by atoms with Crippen LogP contribution in [0, 0.1) is 0 Å². The number of carboxylic acid groups (broad SMARTS) is 1. The first-order chi connectivity index (χ1) is 14.6. The van der Waals surface area contributed by atoms with Crippen molar-refractivity contribution in [1.29, 1.82) is 0 Å². The number of rotatable bonds is 23. The average Bonchev–Trinajstić information content (AvgIpc) is 2.72. The van der Waals surface area contributed by atoms with Crippen molar-refractivity contribution in [2.45, 2.75) is 128 Å². The van der Waals surface area contributed by atoms with Gasteiger partial charge in [-0.25, -0.2) is 0 Å². The molecule has 0 saturated carbocycles. The third-order valence-corrected chi connectivity index (χ3v) is 5.51. The molecule has 0 heterocycles. The highest BCUT2D eigenvalue weighted by atomic mass is 16.4. The van der Waals surface area contributed by atoms with Crippen LogP contribution in [0.15, 0.2) is 0 Å². The lowest BCUT2D eigenvalue weighted by Gasteiger charge is -2.06. The number of hydrogen-bond donors (Lipinski definition) is 3. The molecule has 0 aliphatic rings.